The molecule has 0 unspecified atom stereocenters. The predicted octanol–water partition coefficient (Wildman–Crippen LogP) is 7.43. The van der Waals surface area contributed by atoms with E-state index >= 15 is 0 Å². The van der Waals surface area contributed by atoms with E-state index in [0.29, 0.717) is 11.1 Å². The molecule has 0 saturated carbocycles. The van der Waals surface area contributed by atoms with Gasteiger partial charge in [-0.15, -0.1) is 0 Å². The quantitative estimate of drug-likeness (QED) is 0.293. The molecule has 4 rings (SSSR count). The van der Waals surface area contributed by atoms with Crippen LogP contribution in [-0.4, -0.2) is 22.2 Å². The molecule has 0 radical (unpaired) electrons. The Labute approximate surface area is 199 Å². The first-order chi connectivity index (χ1) is 16.5. The molecule has 0 spiro atoms. The highest BCUT2D eigenvalue weighted by molar-refractivity contribution is 6.06. The second-order valence-electron chi connectivity index (χ2n) is 8.24. The Balaban J connectivity index is 2.15. The number of hydrogen-bond donors (Lipinski definition) is 2. The molecule has 0 bridgehead atoms. The van der Waals surface area contributed by atoms with E-state index in [1.807, 2.05) is 48.5 Å². The molecular formula is C30H26O4. The lowest BCUT2D eigenvalue weighted by molar-refractivity contribution is 0.0686. The fourth-order valence-electron chi connectivity index (χ4n) is 4.37. The maximum absolute atomic E-state index is 12.2. The smallest absolute Gasteiger partial charge is 0.336 e. The molecule has 0 aliphatic rings. The highest BCUT2D eigenvalue weighted by Crippen LogP contribution is 2.43. The molecule has 0 heterocycles. The fourth-order valence-corrected chi connectivity index (χ4v) is 4.37. The van der Waals surface area contributed by atoms with Crippen molar-refractivity contribution < 1.29 is 19.8 Å². The van der Waals surface area contributed by atoms with E-state index in [1.54, 1.807) is 36.4 Å². The average Bonchev–Trinajstić information content (AvgIpc) is 2.87. The van der Waals surface area contributed by atoms with Crippen molar-refractivity contribution in [2.45, 2.75) is 26.2 Å². The summed E-state index contributed by atoms with van der Waals surface area (Å²) in [5.74, 6) is -2.05. The van der Waals surface area contributed by atoms with Crippen molar-refractivity contribution >= 4 is 11.9 Å². The molecule has 2 N–H and O–H groups in total. The number of benzene rings is 4. The van der Waals surface area contributed by atoms with Gasteiger partial charge >= 0.3 is 11.9 Å². The van der Waals surface area contributed by atoms with Crippen LogP contribution in [0.5, 0.6) is 0 Å². The lowest BCUT2D eigenvalue weighted by Gasteiger charge is -2.21. The lowest BCUT2D eigenvalue weighted by atomic mass is 9.82. The SMILES string of the molecule is CCCCc1cc(-c2ccccc2)c(-c2ccccc2C(=O)O)c(-c2ccccc2C(=O)O)c1. The summed E-state index contributed by atoms with van der Waals surface area (Å²) < 4.78 is 0. The summed E-state index contributed by atoms with van der Waals surface area (Å²) in [4.78, 5) is 24.3. The van der Waals surface area contributed by atoms with Crippen molar-refractivity contribution in [2.75, 3.05) is 0 Å². The van der Waals surface area contributed by atoms with E-state index in [0.717, 1.165) is 47.1 Å². The molecule has 4 nitrogen and oxygen atoms in total. The molecule has 0 saturated heterocycles. The third-order valence-electron chi connectivity index (χ3n) is 5.98. The Kier molecular flexibility index (Phi) is 6.88. The largest absolute Gasteiger partial charge is 0.478 e. The van der Waals surface area contributed by atoms with Crippen molar-refractivity contribution in [3.05, 3.63) is 108 Å². The molecule has 0 aromatic heterocycles. The fraction of sp³-hybridized carbons (Fsp3) is 0.133. The number of aryl methyl sites for hydroxylation is 1. The van der Waals surface area contributed by atoms with E-state index < -0.39 is 11.9 Å². The van der Waals surface area contributed by atoms with Gasteiger partial charge in [0.2, 0.25) is 0 Å². The summed E-state index contributed by atoms with van der Waals surface area (Å²) in [5.41, 5.74) is 5.86. The monoisotopic (exact) mass is 450 g/mol. The summed E-state index contributed by atoms with van der Waals surface area (Å²) in [6.07, 6.45) is 2.88. The molecule has 4 aromatic rings. The Morgan fingerprint density at radius 2 is 1.18 bits per heavy atom. The molecule has 0 aliphatic carbocycles. The first-order valence-electron chi connectivity index (χ1n) is 11.4. The molecule has 0 atom stereocenters. The molecule has 4 aromatic carbocycles. The Bertz CT molecular complexity index is 1340. The minimum absolute atomic E-state index is 0.176. The van der Waals surface area contributed by atoms with Crippen LogP contribution in [0.2, 0.25) is 0 Å². The Morgan fingerprint density at radius 1 is 0.647 bits per heavy atom. The predicted molar refractivity (Wildman–Crippen MR) is 135 cm³/mol. The van der Waals surface area contributed by atoms with Crippen LogP contribution in [0, 0.1) is 0 Å². The van der Waals surface area contributed by atoms with Crippen LogP contribution >= 0.6 is 0 Å². The average molecular weight is 451 g/mol. The van der Waals surface area contributed by atoms with Gasteiger partial charge in [0.15, 0.2) is 0 Å². The van der Waals surface area contributed by atoms with Gasteiger partial charge in [-0.3, -0.25) is 0 Å². The molecule has 34 heavy (non-hydrogen) atoms. The second-order valence-corrected chi connectivity index (χ2v) is 8.24. The molecule has 170 valence electrons. The maximum Gasteiger partial charge on any atom is 0.336 e. The highest BCUT2D eigenvalue weighted by atomic mass is 16.4. The topological polar surface area (TPSA) is 74.6 Å². The number of carbonyl (C=O) groups is 2. The zero-order valence-corrected chi connectivity index (χ0v) is 19.0. The zero-order chi connectivity index (χ0) is 24.1. The van der Waals surface area contributed by atoms with Gasteiger partial charge in [0.1, 0.15) is 0 Å². The van der Waals surface area contributed by atoms with Gasteiger partial charge in [-0.1, -0.05) is 92.2 Å². The first-order valence-corrected chi connectivity index (χ1v) is 11.4. The van der Waals surface area contributed by atoms with E-state index in [9.17, 15) is 19.8 Å². The van der Waals surface area contributed by atoms with Crippen molar-refractivity contribution in [2.24, 2.45) is 0 Å². The molecule has 0 amide bonds. The van der Waals surface area contributed by atoms with Crippen LogP contribution in [-0.2, 0) is 6.42 Å². The van der Waals surface area contributed by atoms with Crippen LogP contribution in [0.15, 0.2) is 91.0 Å². The molecular weight excluding hydrogens is 424 g/mol. The Morgan fingerprint density at radius 3 is 1.79 bits per heavy atom. The third-order valence-corrected chi connectivity index (χ3v) is 5.98. The van der Waals surface area contributed by atoms with Gasteiger partial charge < -0.3 is 10.2 Å². The van der Waals surface area contributed by atoms with Crippen LogP contribution in [0.25, 0.3) is 33.4 Å². The van der Waals surface area contributed by atoms with Gasteiger partial charge in [0.05, 0.1) is 11.1 Å². The van der Waals surface area contributed by atoms with Crippen LogP contribution in [0.3, 0.4) is 0 Å². The summed E-state index contributed by atoms with van der Waals surface area (Å²) in [7, 11) is 0. The molecule has 0 aliphatic heterocycles. The van der Waals surface area contributed by atoms with E-state index in [1.165, 1.54) is 0 Å². The summed E-state index contributed by atoms with van der Waals surface area (Å²) in [6.45, 7) is 2.14. The van der Waals surface area contributed by atoms with Gasteiger partial charge in [-0.25, -0.2) is 9.59 Å². The maximum atomic E-state index is 12.2. The van der Waals surface area contributed by atoms with Gasteiger partial charge in [-0.05, 0) is 63.9 Å². The summed E-state index contributed by atoms with van der Waals surface area (Å²) >= 11 is 0. The number of hydrogen-bond acceptors (Lipinski definition) is 2. The summed E-state index contributed by atoms with van der Waals surface area (Å²) in [5, 5.41) is 19.9. The van der Waals surface area contributed by atoms with Crippen molar-refractivity contribution in [3.63, 3.8) is 0 Å². The first kappa shape index (κ1) is 23.0. The number of rotatable bonds is 8. The Hall–Kier alpha value is -4.18. The second kappa shape index (κ2) is 10.2. The number of carboxylic acids is 2. The highest BCUT2D eigenvalue weighted by Gasteiger charge is 2.23. The molecule has 4 heteroatoms. The van der Waals surface area contributed by atoms with Crippen molar-refractivity contribution in [1.82, 2.24) is 0 Å². The normalized spacial score (nSPS) is 10.7. The van der Waals surface area contributed by atoms with Gasteiger partial charge in [0.25, 0.3) is 0 Å². The van der Waals surface area contributed by atoms with Crippen LogP contribution < -0.4 is 0 Å². The summed E-state index contributed by atoms with van der Waals surface area (Å²) in [6, 6.07) is 27.8. The van der Waals surface area contributed by atoms with E-state index in [2.05, 4.69) is 13.0 Å². The van der Waals surface area contributed by atoms with Gasteiger partial charge in [0, 0.05) is 0 Å². The number of unbranched alkanes of at least 4 members (excludes halogenated alkanes) is 1. The van der Waals surface area contributed by atoms with Crippen molar-refractivity contribution in [1.29, 1.82) is 0 Å². The number of aromatic carboxylic acids is 2. The van der Waals surface area contributed by atoms with Crippen LogP contribution in [0.4, 0.5) is 0 Å². The third kappa shape index (κ3) is 4.62. The van der Waals surface area contributed by atoms with Crippen molar-refractivity contribution in [3.8, 4) is 33.4 Å². The van der Waals surface area contributed by atoms with Crippen LogP contribution in [0.1, 0.15) is 46.0 Å². The van der Waals surface area contributed by atoms with Gasteiger partial charge in [-0.2, -0.15) is 0 Å². The van der Waals surface area contributed by atoms with E-state index in [-0.39, 0.29) is 11.1 Å². The molecule has 0 fully saturated rings. The minimum Gasteiger partial charge on any atom is -0.478 e. The zero-order valence-electron chi connectivity index (χ0n) is 19.0. The standard InChI is InChI=1S/C30H26O4/c1-2-3-11-20-18-26(21-12-5-4-6-13-21)28(23-15-8-10-17-25(23)30(33)34)27(19-20)22-14-7-9-16-24(22)29(31)32/h4-10,12-19H,2-3,11H2,1H3,(H,31,32)(H,33,34). The number of carboxylic acid groups (broad SMARTS) is 2. The van der Waals surface area contributed by atoms with E-state index in [4.69, 9.17) is 0 Å². The minimum atomic E-state index is -1.03. The lowest BCUT2D eigenvalue weighted by Crippen LogP contribution is -2.04.